The summed E-state index contributed by atoms with van der Waals surface area (Å²) < 4.78 is 10.5. The molecule has 36 heavy (non-hydrogen) atoms. The van der Waals surface area contributed by atoms with E-state index < -0.39 is 6.03 Å². The van der Waals surface area contributed by atoms with E-state index >= 15 is 0 Å². The summed E-state index contributed by atoms with van der Waals surface area (Å²) in [6, 6.07) is 15.9. The third-order valence-corrected chi connectivity index (χ3v) is 5.14. The van der Waals surface area contributed by atoms with E-state index in [1.54, 1.807) is 63.1 Å². The molecule has 0 unspecified atom stereocenters. The molecule has 2 amide bonds. The van der Waals surface area contributed by atoms with Crippen LogP contribution in [0.2, 0.25) is 0 Å². The molecular weight excluding hydrogens is 458 g/mol. The van der Waals surface area contributed by atoms with Crippen LogP contribution in [0, 0.1) is 6.92 Å². The lowest BCUT2D eigenvalue weighted by molar-refractivity contribution is 0.252. The Hall–Kier alpha value is -4.99. The third-order valence-electron chi connectivity index (χ3n) is 5.14. The van der Waals surface area contributed by atoms with Crippen molar-refractivity contribution in [3.05, 3.63) is 84.3 Å². The number of pyridine rings is 1. The summed E-state index contributed by atoms with van der Waals surface area (Å²) >= 11 is 0. The van der Waals surface area contributed by atoms with Crippen molar-refractivity contribution in [2.75, 3.05) is 24.9 Å². The number of aryl methyl sites for hydroxylation is 1. The zero-order valence-corrected chi connectivity index (χ0v) is 20.0. The Labute approximate surface area is 208 Å². The number of aromatic nitrogens is 3. The van der Waals surface area contributed by atoms with Crippen LogP contribution in [0.15, 0.2) is 78.3 Å². The van der Waals surface area contributed by atoms with E-state index in [1.807, 2.05) is 31.2 Å². The highest BCUT2D eigenvalue weighted by atomic mass is 16.5. The number of methoxy groups -OCH3 is 2. The van der Waals surface area contributed by atoms with Crippen molar-refractivity contribution in [1.82, 2.24) is 20.4 Å². The Morgan fingerprint density at radius 3 is 2.64 bits per heavy atom. The number of urea groups is 1. The summed E-state index contributed by atoms with van der Waals surface area (Å²) in [7, 11) is 3.12. The molecule has 0 bridgehead atoms. The molecule has 0 spiro atoms. The first-order valence-electron chi connectivity index (χ1n) is 11.0. The van der Waals surface area contributed by atoms with Crippen LogP contribution < -0.4 is 25.5 Å². The summed E-state index contributed by atoms with van der Waals surface area (Å²) in [5.41, 5.74) is 7.12. The zero-order chi connectivity index (χ0) is 25.3. The van der Waals surface area contributed by atoms with Crippen molar-refractivity contribution in [2.45, 2.75) is 6.92 Å². The Kier molecular flexibility index (Phi) is 7.66. The largest absolute Gasteiger partial charge is 0.493 e. The van der Waals surface area contributed by atoms with Gasteiger partial charge in [0.25, 0.3) is 0 Å². The van der Waals surface area contributed by atoms with Gasteiger partial charge in [-0.25, -0.2) is 20.2 Å². The van der Waals surface area contributed by atoms with Crippen molar-refractivity contribution < 1.29 is 14.3 Å². The predicted octanol–water partition coefficient (Wildman–Crippen LogP) is 4.76. The Balaban J connectivity index is 1.40. The molecular formula is C26H25N7O3. The molecule has 4 rings (SSSR count). The van der Waals surface area contributed by atoms with Crippen LogP contribution in [0.5, 0.6) is 11.5 Å². The second-order valence-electron chi connectivity index (χ2n) is 7.60. The second-order valence-corrected chi connectivity index (χ2v) is 7.60. The fraction of sp³-hybridized carbons (Fsp3) is 0.115. The van der Waals surface area contributed by atoms with Gasteiger partial charge in [0.15, 0.2) is 11.5 Å². The molecule has 2 heterocycles. The number of benzene rings is 2. The quantitative estimate of drug-likeness (QED) is 0.244. The Morgan fingerprint density at radius 1 is 1.00 bits per heavy atom. The molecule has 0 aliphatic rings. The van der Waals surface area contributed by atoms with Crippen molar-refractivity contribution in [1.29, 1.82) is 0 Å². The molecule has 0 saturated carbocycles. The first-order valence-corrected chi connectivity index (χ1v) is 11.0. The highest BCUT2D eigenvalue weighted by Crippen LogP contribution is 2.27. The molecule has 10 heteroatoms. The SMILES string of the molecule is COc1ccc(/C=N/NC(=O)Nc2ccc(C)c(Nc3nccc(-c4cccnc4)n3)c2)cc1OC. The number of nitrogens with zero attached hydrogens (tertiary/aromatic N) is 4. The lowest BCUT2D eigenvalue weighted by atomic mass is 10.2. The maximum Gasteiger partial charge on any atom is 0.339 e. The molecule has 3 N–H and O–H groups in total. The van der Waals surface area contributed by atoms with Crippen LogP contribution in [-0.4, -0.2) is 41.4 Å². The molecule has 0 aliphatic heterocycles. The number of hydrogen-bond acceptors (Lipinski definition) is 8. The first-order chi connectivity index (χ1) is 17.6. The topological polar surface area (TPSA) is 123 Å². The lowest BCUT2D eigenvalue weighted by Gasteiger charge is -2.12. The number of ether oxygens (including phenoxy) is 2. The van der Waals surface area contributed by atoms with E-state index in [9.17, 15) is 4.79 Å². The van der Waals surface area contributed by atoms with Crippen LogP contribution >= 0.6 is 0 Å². The summed E-state index contributed by atoms with van der Waals surface area (Å²) in [4.78, 5) is 25.4. The van der Waals surface area contributed by atoms with Gasteiger partial charge in [-0.15, -0.1) is 0 Å². The summed E-state index contributed by atoms with van der Waals surface area (Å²) in [5.74, 6) is 1.61. The maximum atomic E-state index is 12.4. The molecule has 2 aromatic heterocycles. The normalized spacial score (nSPS) is 10.6. The number of amides is 2. The van der Waals surface area contributed by atoms with Crippen molar-refractivity contribution in [3.63, 3.8) is 0 Å². The number of carbonyl (C=O) groups excluding carboxylic acids is 1. The predicted molar refractivity (Wildman–Crippen MR) is 139 cm³/mol. The van der Waals surface area contributed by atoms with E-state index in [4.69, 9.17) is 9.47 Å². The average Bonchev–Trinajstić information content (AvgIpc) is 2.91. The number of nitrogens with one attached hydrogen (secondary N) is 3. The number of hydrazone groups is 1. The van der Waals surface area contributed by atoms with Crippen molar-refractivity contribution >= 4 is 29.6 Å². The highest BCUT2D eigenvalue weighted by Gasteiger charge is 2.08. The zero-order valence-electron chi connectivity index (χ0n) is 20.0. The molecule has 0 saturated heterocycles. The van der Waals surface area contributed by atoms with Gasteiger partial charge in [-0.2, -0.15) is 5.10 Å². The van der Waals surface area contributed by atoms with Crippen LogP contribution in [0.4, 0.5) is 22.1 Å². The van der Waals surface area contributed by atoms with E-state index in [0.717, 1.165) is 28.1 Å². The Bertz CT molecular complexity index is 1380. The third kappa shape index (κ3) is 6.11. The van der Waals surface area contributed by atoms with E-state index in [0.29, 0.717) is 23.1 Å². The minimum atomic E-state index is -0.489. The number of carbonyl (C=O) groups is 1. The molecule has 0 fully saturated rings. The summed E-state index contributed by atoms with van der Waals surface area (Å²) in [5, 5.41) is 9.97. The molecule has 4 aromatic rings. The molecule has 0 radical (unpaired) electrons. The monoisotopic (exact) mass is 483 g/mol. The fourth-order valence-electron chi connectivity index (χ4n) is 3.31. The Morgan fingerprint density at radius 2 is 1.86 bits per heavy atom. The average molecular weight is 484 g/mol. The van der Waals surface area contributed by atoms with Gasteiger partial charge in [0.1, 0.15) is 0 Å². The minimum Gasteiger partial charge on any atom is -0.493 e. The standard InChI is InChI=1S/C26H25N7O3/c1-17-6-8-20(30-26(34)33-29-15-18-7-9-23(35-2)24(13-18)36-3)14-22(17)32-25-28-12-10-21(31-25)19-5-4-11-27-16-19/h4-16H,1-3H3,(H,28,31,32)(H2,30,33,34)/b29-15+. The minimum absolute atomic E-state index is 0.431. The van der Waals surface area contributed by atoms with E-state index in [1.165, 1.54) is 6.21 Å². The summed E-state index contributed by atoms with van der Waals surface area (Å²) in [6.07, 6.45) is 6.65. The van der Waals surface area contributed by atoms with Crippen molar-refractivity contribution in [3.8, 4) is 22.8 Å². The van der Waals surface area contributed by atoms with Gasteiger partial charge in [0, 0.05) is 35.5 Å². The lowest BCUT2D eigenvalue weighted by Crippen LogP contribution is -2.24. The fourth-order valence-corrected chi connectivity index (χ4v) is 3.31. The molecule has 0 atom stereocenters. The molecule has 0 aliphatic carbocycles. The summed E-state index contributed by atoms with van der Waals surface area (Å²) in [6.45, 7) is 1.95. The van der Waals surface area contributed by atoms with Crippen LogP contribution in [-0.2, 0) is 0 Å². The maximum absolute atomic E-state index is 12.4. The van der Waals surface area contributed by atoms with E-state index in [2.05, 4.69) is 36.1 Å². The van der Waals surface area contributed by atoms with Crippen LogP contribution in [0.3, 0.4) is 0 Å². The molecule has 182 valence electrons. The van der Waals surface area contributed by atoms with Gasteiger partial charge in [-0.1, -0.05) is 6.07 Å². The van der Waals surface area contributed by atoms with Gasteiger partial charge >= 0.3 is 6.03 Å². The number of rotatable bonds is 8. The smallest absolute Gasteiger partial charge is 0.339 e. The second kappa shape index (κ2) is 11.4. The first kappa shape index (κ1) is 24.1. The van der Waals surface area contributed by atoms with Gasteiger partial charge in [-0.05, 0) is 66.6 Å². The molecule has 10 nitrogen and oxygen atoms in total. The van der Waals surface area contributed by atoms with Crippen molar-refractivity contribution in [2.24, 2.45) is 5.10 Å². The number of anilines is 3. The van der Waals surface area contributed by atoms with E-state index in [-0.39, 0.29) is 0 Å². The van der Waals surface area contributed by atoms with Gasteiger partial charge in [-0.3, -0.25) is 4.98 Å². The van der Waals surface area contributed by atoms with Crippen LogP contribution in [0.1, 0.15) is 11.1 Å². The number of hydrogen-bond donors (Lipinski definition) is 3. The van der Waals surface area contributed by atoms with Gasteiger partial charge < -0.3 is 20.1 Å². The van der Waals surface area contributed by atoms with Gasteiger partial charge in [0.05, 0.1) is 26.1 Å². The van der Waals surface area contributed by atoms with Crippen LogP contribution in [0.25, 0.3) is 11.3 Å². The highest BCUT2D eigenvalue weighted by molar-refractivity contribution is 5.91. The molecule has 2 aromatic carbocycles. The van der Waals surface area contributed by atoms with Gasteiger partial charge in [0.2, 0.25) is 5.95 Å².